The van der Waals surface area contributed by atoms with E-state index < -0.39 is 0 Å². The molecular formula is C14H16N4OS. The van der Waals surface area contributed by atoms with E-state index in [1.807, 2.05) is 23.3 Å². The normalized spacial score (nSPS) is 12.6. The molecule has 5 nitrogen and oxygen atoms in total. The van der Waals surface area contributed by atoms with Crippen molar-refractivity contribution in [2.24, 2.45) is 7.05 Å². The highest BCUT2D eigenvalue weighted by molar-refractivity contribution is 7.03. The number of fused-ring (bicyclic) bond motifs is 1. The molecule has 0 aliphatic heterocycles. The lowest BCUT2D eigenvalue weighted by atomic mass is 10.1. The molecule has 2 aromatic heterocycles. The maximum atomic E-state index is 5.26. The van der Waals surface area contributed by atoms with Crippen molar-refractivity contribution in [3.05, 3.63) is 35.5 Å². The van der Waals surface area contributed by atoms with Gasteiger partial charge in [0, 0.05) is 23.7 Å². The lowest BCUT2D eigenvalue weighted by Gasteiger charge is -2.15. The number of aromatic nitrogens is 3. The molecule has 0 aliphatic carbocycles. The third-order valence-electron chi connectivity index (χ3n) is 3.33. The summed E-state index contributed by atoms with van der Waals surface area (Å²) in [5.41, 5.74) is 4.22. The highest BCUT2D eigenvalue weighted by Gasteiger charge is 2.14. The number of benzene rings is 1. The molecule has 6 heteroatoms. The van der Waals surface area contributed by atoms with E-state index in [0.717, 1.165) is 22.3 Å². The van der Waals surface area contributed by atoms with Crippen LogP contribution in [0.25, 0.3) is 11.0 Å². The quantitative estimate of drug-likeness (QED) is 0.801. The van der Waals surface area contributed by atoms with E-state index in [2.05, 4.69) is 39.8 Å². The van der Waals surface area contributed by atoms with Crippen molar-refractivity contribution in [3.63, 3.8) is 0 Å². The average molecular weight is 288 g/mol. The van der Waals surface area contributed by atoms with Crippen molar-refractivity contribution in [2.75, 3.05) is 12.4 Å². The van der Waals surface area contributed by atoms with Crippen molar-refractivity contribution < 1.29 is 4.74 Å². The molecule has 1 unspecified atom stereocenters. The van der Waals surface area contributed by atoms with Crippen LogP contribution in [0.4, 0.5) is 5.69 Å². The number of nitrogens with zero attached hydrogens (tertiary/aromatic N) is 3. The van der Waals surface area contributed by atoms with E-state index in [-0.39, 0.29) is 6.04 Å². The van der Waals surface area contributed by atoms with Gasteiger partial charge in [-0.3, -0.25) is 0 Å². The Hall–Kier alpha value is -2.08. The fourth-order valence-electron chi connectivity index (χ4n) is 2.23. The SMILES string of the molecule is COc1nscc1C(C)Nc1ccc2c(c1)ncn2C. The van der Waals surface area contributed by atoms with Crippen LogP contribution in [0, 0.1) is 0 Å². The summed E-state index contributed by atoms with van der Waals surface area (Å²) in [6.45, 7) is 2.09. The maximum absolute atomic E-state index is 5.26. The molecule has 1 aromatic carbocycles. The number of ether oxygens (including phenoxy) is 1. The molecule has 0 radical (unpaired) electrons. The number of rotatable bonds is 4. The second-order valence-electron chi connectivity index (χ2n) is 4.70. The first-order valence-corrected chi connectivity index (χ1v) is 7.18. The zero-order valence-corrected chi connectivity index (χ0v) is 12.4. The van der Waals surface area contributed by atoms with Gasteiger partial charge in [-0.15, -0.1) is 0 Å². The summed E-state index contributed by atoms with van der Waals surface area (Å²) >= 11 is 1.40. The molecule has 2 heterocycles. The van der Waals surface area contributed by atoms with Crippen LogP contribution in [0.2, 0.25) is 0 Å². The summed E-state index contributed by atoms with van der Waals surface area (Å²) in [6, 6.07) is 6.32. The molecule has 3 rings (SSSR count). The number of imidazole rings is 1. The fraction of sp³-hybridized carbons (Fsp3) is 0.286. The van der Waals surface area contributed by atoms with Crippen LogP contribution in [0.15, 0.2) is 29.9 Å². The van der Waals surface area contributed by atoms with Crippen LogP contribution in [0.3, 0.4) is 0 Å². The summed E-state index contributed by atoms with van der Waals surface area (Å²) in [5.74, 6) is 0.689. The molecule has 0 aliphatic rings. The molecule has 20 heavy (non-hydrogen) atoms. The number of aryl methyl sites for hydroxylation is 1. The van der Waals surface area contributed by atoms with E-state index in [1.54, 1.807) is 7.11 Å². The van der Waals surface area contributed by atoms with Gasteiger partial charge >= 0.3 is 0 Å². The first-order valence-electron chi connectivity index (χ1n) is 6.35. The number of hydrogen-bond donors (Lipinski definition) is 1. The van der Waals surface area contributed by atoms with E-state index in [9.17, 15) is 0 Å². The third kappa shape index (κ3) is 2.22. The summed E-state index contributed by atoms with van der Waals surface area (Å²) in [4.78, 5) is 4.37. The van der Waals surface area contributed by atoms with Crippen molar-refractivity contribution in [3.8, 4) is 5.88 Å². The number of anilines is 1. The van der Waals surface area contributed by atoms with Crippen LogP contribution in [-0.4, -0.2) is 21.0 Å². The first kappa shape index (κ1) is 12.9. The molecule has 0 bridgehead atoms. The van der Waals surface area contributed by atoms with E-state index in [4.69, 9.17) is 4.74 Å². The van der Waals surface area contributed by atoms with Gasteiger partial charge in [-0.05, 0) is 36.7 Å². The monoisotopic (exact) mass is 288 g/mol. The molecule has 3 aromatic rings. The Morgan fingerprint density at radius 1 is 1.40 bits per heavy atom. The Morgan fingerprint density at radius 3 is 3.05 bits per heavy atom. The van der Waals surface area contributed by atoms with Crippen LogP contribution >= 0.6 is 11.5 Å². The minimum absolute atomic E-state index is 0.130. The fourth-order valence-corrected chi connectivity index (χ4v) is 2.98. The van der Waals surface area contributed by atoms with Crippen LogP contribution in [0.1, 0.15) is 18.5 Å². The standard InChI is InChI=1S/C14H16N4OS/c1-9(11-7-20-17-14(11)19-3)16-10-4-5-13-12(6-10)15-8-18(13)2/h4-9,16H,1-3H3. The average Bonchev–Trinajstić information content (AvgIpc) is 3.05. The minimum atomic E-state index is 0.130. The largest absolute Gasteiger partial charge is 0.480 e. The van der Waals surface area contributed by atoms with E-state index in [0.29, 0.717) is 5.88 Å². The first-order chi connectivity index (χ1) is 9.69. The Bertz CT molecular complexity index is 734. The number of nitrogens with one attached hydrogen (secondary N) is 1. The number of hydrogen-bond acceptors (Lipinski definition) is 5. The van der Waals surface area contributed by atoms with Gasteiger partial charge in [-0.25, -0.2) is 4.98 Å². The smallest absolute Gasteiger partial charge is 0.230 e. The molecule has 1 atom stereocenters. The molecule has 0 spiro atoms. The second kappa shape index (κ2) is 5.13. The van der Waals surface area contributed by atoms with Gasteiger partial charge < -0.3 is 14.6 Å². The predicted molar refractivity (Wildman–Crippen MR) is 81.4 cm³/mol. The van der Waals surface area contributed by atoms with Crippen molar-refractivity contribution in [1.29, 1.82) is 0 Å². The van der Waals surface area contributed by atoms with Crippen molar-refractivity contribution in [2.45, 2.75) is 13.0 Å². The Kier molecular flexibility index (Phi) is 3.31. The molecule has 1 N–H and O–H groups in total. The van der Waals surface area contributed by atoms with Gasteiger partial charge in [-0.1, -0.05) is 0 Å². The molecule has 0 amide bonds. The van der Waals surface area contributed by atoms with Gasteiger partial charge in [0.2, 0.25) is 5.88 Å². The topological polar surface area (TPSA) is 52.0 Å². The molecule has 104 valence electrons. The van der Waals surface area contributed by atoms with Gasteiger partial charge in [0.05, 0.1) is 30.5 Å². The maximum Gasteiger partial charge on any atom is 0.230 e. The third-order valence-corrected chi connectivity index (χ3v) is 3.96. The van der Waals surface area contributed by atoms with Gasteiger partial charge in [-0.2, -0.15) is 4.37 Å². The van der Waals surface area contributed by atoms with Crippen LogP contribution in [-0.2, 0) is 7.05 Å². The lowest BCUT2D eigenvalue weighted by Crippen LogP contribution is -2.07. The lowest BCUT2D eigenvalue weighted by molar-refractivity contribution is 0.396. The second-order valence-corrected chi connectivity index (χ2v) is 5.33. The van der Waals surface area contributed by atoms with Crippen LogP contribution < -0.4 is 10.1 Å². The predicted octanol–water partition coefficient (Wildman–Crippen LogP) is 3.21. The van der Waals surface area contributed by atoms with Gasteiger partial charge in [0.15, 0.2) is 0 Å². The zero-order valence-electron chi connectivity index (χ0n) is 11.6. The van der Waals surface area contributed by atoms with Crippen LogP contribution in [0.5, 0.6) is 5.88 Å². The highest BCUT2D eigenvalue weighted by Crippen LogP contribution is 2.29. The summed E-state index contributed by atoms with van der Waals surface area (Å²) < 4.78 is 11.5. The summed E-state index contributed by atoms with van der Waals surface area (Å²) in [5, 5.41) is 5.47. The molecule has 0 saturated carbocycles. The molecule has 0 fully saturated rings. The number of methoxy groups -OCH3 is 1. The van der Waals surface area contributed by atoms with Crippen molar-refractivity contribution in [1.82, 2.24) is 13.9 Å². The summed E-state index contributed by atoms with van der Waals surface area (Å²) in [7, 11) is 3.64. The minimum Gasteiger partial charge on any atom is -0.480 e. The van der Waals surface area contributed by atoms with E-state index in [1.165, 1.54) is 11.5 Å². The van der Waals surface area contributed by atoms with Gasteiger partial charge in [0.25, 0.3) is 0 Å². The Labute approximate surface area is 121 Å². The molecular weight excluding hydrogens is 272 g/mol. The Balaban J connectivity index is 1.85. The molecule has 0 saturated heterocycles. The summed E-state index contributed by atoms with van der Waals surface area (Å²) in [6.07, 6.45) is 1.82. The van der Waals surface area contributed by atoms with Crippen molar-refractivity contribution >= 4 is 28.3 Å². The highest BCUT2D eigenvalue weighted by atomic mass is 32.1. The zero-order chi connectivity index (χ0) is 14.1. The van der Waals surface area contributed by atoms with E-state index >= 15 is 0 Å². The Morgan fingerprint density at radius 2 is 2.25 bits per heavy atom. The van der Waals surface area contributed by atoms with Gasteiger partial charge in [0.1, 0.15) is 0 Å².